The van der Waals surface area contributed by atoms with Gasteiger partial charge in [-0.3, -0.25) is 4.79 Å². The number of carbonyl (C=O) groups excluding carboxylic acids is 1. The molecule has 0 unspecified atom stereocenters. The molecule has 5 rings (SSSR count). The Balaban J connectivity index is 1.45. The highest BCUT2D eigenvalue weighted by atomic mass is 16.5. The molecule has 0 aliphatic carbocycles. The van der Waals surface area contributed by atoms with Gasteiger partial charge in [-0.1, -0.05) is 24.3 Å². The van der Waals surface area contributed by atoms with Gasteiger partial charge >= 0.3 is 0 Å². The summed E-state index contributed by atoms with van der Waals surface area (Å²) in [5.41, 5.74) is 4.46. The molecule has 33 heavy (non-hydrogen) atoms. The molecule has 1 amide bonds. The van der Waals surface area contributed by atoms with Crippen LogP contribution in [0.2, 0.25) is 0 Å². The number of aromatic nitrogens is 4. The zero-order valence-electron chi connectivity index (χ0n) is 18.2. The normalized spacial score (nSPS) is 11.4. The molecule has 0 saturated heterocycles. The number of pyridine rings is 2. The van der Waals surface area contributed by atoms with E-state index in [1.807, 2.05) is 94.3 Å². The highest BCUT2D eigenvalue weighted by molar-refractivity contribution is 5.91. The van der Waals surface area contributed by atoms with Crippen LogP contribution in [-0.4, -0.2) is 36.7 Å². The van der Waals surface area contributed by atoms with Crippen molar-refractivity contribution in [3.05, 3.63) is 108 Å². The molecule has 0 N–H and O–H groups in total. The highest BCUT2D eigenvalue weighted by Crippen LogP contribution is 2.17. The number of rotatable bonds is 7. The fourth-order valence-corrected chi connectivity index (χ4v) is 3.82. The quantitative estimate of drug-likeness (QED) is 0.358. The van der Waals surface area contributed by atoms with Crippen molar-refractivity contribution in [1.82, 2.24) is 23.7 Å². The molecular weight excluding hydrogens is 414 g/mol. The summed E-state index contributed by atoms with van der Waals surface area (Å²) >= 11 is 0. The number of hydrogen-bond acceptors (Lipinski definition) is 4. The van der Waals surface area contributed by atoms with Gasteiger partial charge in [0.2, 0.25) is 5.91 Å². The lowest BCUT2D eigenvalue weighted by atomic mass is 10.2. The number of imidazole rings is 2. The van der Waals surface area contributed by atoms with Crippen LogP contribution in [-0.2, 0) is 17.9 Å². The second kappa shape index (κ2) is 9.00. The molecule has 0 atom stereocenters. The Kier molecular flexibility index (Phi) is 5.59. The van der Waals surface area contributed by atoms with Crippen LogP contribution in [0.1, 0.15) is 17.0 Å². The van der Waals surface area contributed by atoms with E-state index in [9.17, 15) is 4.79 Å². The van der Waals surface area contributed by atoms with Gasteiger partial charge in [0.05, 0.1) is 44.0 Å². The SMILES string of the molecule is COc1cccc(/C=C/C(=O)N(Cc2cnc3ccccn23)Cc2cnc3ccccn23)c1. The molecule has 7 heteroatoms. The summed E-state index contributed by atoms with van der Waals surface area (Å²) in [7, 11) is 1.63. The third kappa shape index (κ3) is 4.34. The second-order valence-corrected chi connectivity index (χ2v) is 7.66. The van der Waals surface area contributed by atoms with Crippen LogP contribution >= 0.6 is 0 Å². The summed E-state index contributed by atoms with van der Waals surface area (Å²) in [4.78, 5) is 24.1. The zero-order valence-corrected chi connectivity index (χ0v) is 18.2. The highest BCUT2D eigenvalue weighted by Gasteiger charge is 2.17. The fourth-order valence-electron chi connectivity index (χ4n) is 3.82. The molecule has 0 aliphatic heterocycles. The molecular formula is C26H23N5O2. The minimum atomic E-state index is -0.102. The van der Waals surface area contributed by atoms with Gasteiger partial charge in [0.25, 0.3) is 0 Å². The van der Waals surface area contributed by atoms with Crippen molar-refractivity contribution in [2.45, 2.75) is 13.1 Å². The summed E-state index contributed by atoms with van der Waals surface area (Å²) in [6.07, 6.45) is 11.0. The van der Waals surface area contributed by atoms with E-state index >= 15 is 0 Å². The molecule has 4 heterocycles. The van der Waals surface area contributed by atoms with Gasteiger partial charge in [-0.25, -0.2) is 9.97 Å². The van der Waals surface area contributed by atoms with Crippen LogP contribution in [0.25, 0.3) is 17.4 Å². The summed E-state index contributed by atoms with van der Waals surface area (Å²) in [6, 6.07) is 19.3. The van der Waals surface area contributed by atoms with E-state index in [-0.39, 0.29) is 5.91 Å². The standard InChI is InChI=1S/C26H23N5O2/c1-33-23-8-6-7-20(15-23)11-12-26(32)29(18-21-16-27-24-9-2-4-13-30(21)24)19-22-17-28-25-10-3-5-14-31(22)25/h2-17H,18-19H2,1H3/b12-11+. The van der Waals surface area contributed by atoms with Crippen LogP contribution in [0.15, 0.2) is 91.5 Å². The predicted molar refractivity (Wildman–Crippen MR) is 127 cm³/mol. The van der Waals surface area contributed by atoms with Gasteiger partial charge in [-0.2, -0.15) is 0 Å². The summed E-state index contributed by atoms with van der Waals surface area (Å²) in [6.45, 7) is 0.819. The topological polar surface area (TPSA) is 64.1 Å². The Morgan fingerprint density at radius 3 is 2.15 bits per heavy atom. The maximum absolute atomic E-state index is 13.3. The minimum Gasteiger partial charge on any atom is -0.497 e. The second-order valence-electron chi connectivity index (χ2n) is 7.66. The van der Waals surface area contributed by atoms with Crippen LogP contribution in [0.3, 0.4) is 0 Å². The zero-order chi connectivity index (χ0) is 22.6. The first-order chi connectivity index (χ1) is 16.2. The van der Waals surface area contributed by atoms with Crippen molar-refractivity contribution < 1.29 is 9.53 Å². The average Bonchev–Trinajstić information content (AvgIpc) is 3.46. The van der Waals surface area contributed by atoms with Gasteiger partial charge in [0, 0.05) is 18.5 Å². The summed E-state index contributed by atoms with van der Waals surface area (Å²) < 4.78 is 9.28. The Hall–Kier alpha value is -4.39. The fraction of sp³-hybridized carbons (Fsp3) is 0.115. The van der Waals surface area contributed by atoms with E-state index in [1.165, 1.54) is 0 Å². The van der Waals surface area contributed by atoms with Crippen molar-refractivity contribution in [1.29, 1.82) is 0 Å². The van der Waals surface area contributed by atoms with Crippen LogP contribution in [0, 0.1) is 0 Å². The largest absolute Gasteiger partial charge is 0.497 e. The number of ether oxygens (including phenoxy) is 1. The monoisotopic (exact) mass is 437 g/mol. The van der Waals surface area contributed by atoms with E-state index < -0.39 is 0 Å². The van der Waals surface area contributed by atoms with E-state index in [4.69, 9.17) is 4.74 Å². The summed E-state index contributed by atoms with van der Waals surface area (Å²) in [5.74, 6) is 0.646. The number of methoxy groups -OCH3 is 1. The van der Waals surface area contributed by atoms with Crippen LogP contribution in [0.4, 0.5) is 0 Å². The lowest BCUT2D eigenvalue weighted by molar-refractivity contribution is -0.127. The summed E-state index contributed by atoms with van der Waals surface area (Å²) in [5, 5.41) is 0. The molecule has 0 spiro atoms. The number of fused-ring (bicyclic) bond motifs is 2. The van der Waals surface area contributed by atoms with Crippen molar-refractivity contribution in [3.8, 4) is 5.75 Å². The molecule has 5 aromatic rings. The van der Waals surface area contributed by atoms with Gasteiger partial charge in [0.15, 0.2) is 0 Å². The Morgan fingerprint density at radius 1 is 0.909 bits per heavy atom. The van der Waals surface area contributed by atoms with Crippen LogP contribution in [0.5, 0.6) is 5.75 Å². The van der Waals surface area contributed by atoms with Crippen molar-refractivity contribution in [3.63, 3.8) is 0 Å². The molecule has 4 aromatic heterocycles. The third-order valence-electron chi connectivity index (χ3n) is 5.52. The maximum Gasteiger partial charge on any atom is 0.247 e. The van der Waals surface area contributed by atoms with E-state index in [1.54, 1.807) is 24.2 Å². The molecule has 0 saturated carbocycles. The first-order valence-electron chi connectivity index (χ1n) is 10.6. The van der Waals surface area contributed by atoms with Gasteiger partial charge in [0.1, 0.15) is 17.0 Å². The Bertz CT molecular complexity index is 1370. The first-order valence-corrected chi connectivity index (χ1v) is 10.6. The van der Waals surface area contributed by atoms with Crippen LogP contribution < -0.4 is 4.74 Å². The van der Waals surface area contributed by atoms with Gasteiger partial charge in [-0.05, 0) is 48.0 Å². The number of hydrogen-bond donors (Lipinski definition) is 0. The molecule has 164 valence electrons. The Morgan fingerprint density at radius 2 is 1.55 bits per heavy atom. The molecule has 0 aliphatic rings. The van der Waals surface area contributed by atoms with Gasteiger partial charge < -0.3 is 18.4 Å². The van der Waals surface area contributed by atoms with Crippen molar-refractivity contribution in [2.75, 3.05) is 7.11 Å². The average molecular weight is 438 g/mol. The van der Waals surface area contributed by atoms with Gasteiger partial charge in [-0.15, -0.1) is 0 Å². The molecule has 0 bridgehead atoms. The van der Waals surface area contributed by atoms with E-state index in [2.05, 4.69) is 9.97 Å². The molecule has 1 aromatic carbocycles. The number of amides is 1. The van der Waals surface area contributed by atoms with E-state index in [0.29, 0.717) is 13.1 Å². The number of nitrogens with zero attached hydrogens (tertiary/aromatic N) is 5. The smallest absolute Gasteiger partial charge is 0.247 e. The lowest BCUT2D eigenvalue weighted by Crippen LogP contribution is -2.29. The first kappa shape index (κ1) is 20.5. The molecule has 0 fully saturated rings. The number of carbonyl (C=O) groups is 1. The predicted octanol–water partition coefficient (Wildman–Crippen LogP) is 4.23. The van der Waals surface area contributed by atoms with E-state index in [0.717, 1.165) is 34.0 Å². The Labute approximate surface area is 191 Å². The van der Waals surface area contributed by atoms with Crippen molar-refractivity contribution in [2.24, 2.45) is 0 Å². The maximum atomic E-state index is 13.3. The van der Waals surface area contributed by atoms with Crippen molar-refractivity contribution >= 4 is 23.3 Å². The third-order valence-corrected chi connectivity index (χ3v) is 5.52. The lowest BCUT2D eigenvalue weighted by Gasteiger charge is -2.21. The minimum absolute atomic E-state index is 0.102. The molecule has 0 radical (unpaired) electrons. The number of benzene rings is 1. The molecule has 7 nitrogen and oxygen atoms in total.